The zero-order valence-electron chi connectivity index (χ0n) is 19.9. The van der Waals surface area contributed by atoms with E-state index in [1.165, 1.54) is 11.1 Å². The van der Waals surface area contributed by atoms with Crippen molar-refractivity contribution in [3.05, 3.63) is 65.2 Å². The number of rotatable bonds is 12. The summed E-state index contributed by atoms with van der Waals surface area (Å²) in [4.78, 5) is 28.1. The zero-order valence-corrected chi connectivity index (χ0v) is 20.7. The van der Waals surface area contributed by atoms with Crippen LogP contribution in [0.3, 0.4) is 0 Å². The van der Waals surface area contributed by atoms with Crippen LogP contribution in [-0.4, -0.2) is 41.7 Å². The molecule has 2 unspecified atom stereocenters. The van der Waals surface area contributed by atoms with Crippen LogP contribution < -0.4 is 10.1 Å². The lowest BCUT2D eigenvalue weighted by Crippen LogP contribution is -2.51. The molecule has 0 aliphatic rings. The molecule has 0 spiro atoms. The Hall–Kier alpha value is -2.47. The molecule has 2 atom stereocenters. The van der Waals surface area contributed by atoms with Crippen molar-refractivity contribution in [2.45, 2.75) is 64.9 Å². The van der Waals surface area contributed by atoms with Crippen molar-refractivity contribution in [1.29, 1.82) is 0 Å². The highest BCUT2D eigenvalue weighted by molar-refractivity contribution is 7.99. The number of hydrogen-bond donors (Lipinski definition) is 1. The summed E-state index contributed by atoms with van der Waals surface area (Å²) in [7, 11) is 1.62. The van der Waals surface area contributed by atoms with Crippen LogP contribution in [0.15, 0.2) is 48.5 Å². The van der Waals surface area contributed by atoms with E-state index in [9.17, 15) is 9.59 Å². The number of hydrogen-bond acceptors (Lipinski definition) is 4. The van der Waals surface area contributed by atoms with Crippen molar-refractivity contribution in [1.82, 2.24) is 10.2 Å². The zero-order chi connectivity index (χ0) is 23.5. The number of benzene rings is 2. The molecule has 2 aromatic rings. The number of nitrogens with zero attached hydrogens (tertiary/aromatic N) is 1. The lowest BCUT2D eigenvalue weighted by atomic mass is 10.1. The second-order valence-corrected chi connectivity index (χ2v) is 9.02. The second kappa shape index (κ2) is 13.2. The van der Waals surface area contributed by atoms with Gasteiger partial charge in [0.15, 0.2) is 0 Å². The molecule has 2 aromatic carbocycles. The first-order valence-corrected chi connectivity index (χ1v) is 12.4. The van der Waals surface area contributed by atoms with Crippen molar-refractivity contribution in [3.63, 3.8) is 0 Å². The summed E-state index contributed by atoms with van der Waals surface area (Å²) >= 11 is 1.59. The van der Waals surface area contributed by atoms with E-state index in [0.717, 1.165) is 23.5 Å². The highest BCUT2D eigenvalue weighted by Crippen LogP contribution is 2.20. The van der Waals surface area contributed by atoms with Gasteiger partial charge in [0.2, 0.25) is 11.8 Å². The van der Waals surface area contributed by atoms with Crippen LogP contribution >= 0.6 is 11.8 Å². The van der Waals surface area contributed by atoms with Gasteiger partial charge < -0.3 is 15.0 Å². The summed E-state index contributed by atoms with van der Waals surface area (Å²) in [5, 5.41) is 3.05. The molecule has 0 fully saturated rings. The van der Waals surface area contributed by atoms with Crippen molar-refractivity contribution in [2.75, 3.05) is 12.9 Å². The summed E-state index contributed by atoms with van der Waals surface area (Å²) in [6.45, 7) is 8.42. The summed E-state index contributed by atoms with van der Waals surface area (Å²) < 4.78 is 5.34. The minimum atomic E-state index is -0.512. The molecule has 1 N–H and O–H groups in total. The van der Waals surface area contributed by atoms with Gasteiger partial charge in [-0.2, -0.15) is 0 Å². The molecule has 0 saturated heterocycles. The molecule has 0 bridgehead atoms. The average molecular weight is 457 g/mol. The second-order valence-electron chi connectivity index (χ2n) is 8.03. The van der Waals surface area contributed by atoms with Crippen LogP contribution in [0.1, 0.15) is 50.3 Å². The van der Waals surface area contributed by atoms with Gasteiger partial charge in [-0.1, -0.05) is 50.2 Å². The number of ether oxygens (including phenoxy) is 1. The average Bonchev–Trinajstić information content (AvgIpc) is 2.80. The summed E-state index contributed by atoms with van der Waals surface area (Å²) in [6, 6.07) is 15.4. The summed E-state index contributed by atoms with van der Waals surface area (Å²) in [5.74, 6) is 1.70. The maximum atomic E-state index is 13.3. The maximum Gasteiger partial charge on any atom is 0.243 e. The van der Waals surface area contributed by atoms with Gasteiger partial charge in [0.25, 0.3) is 0 Å². The third-order valence-corrected chi connectivity index (χ3v) is 6.58. The Balaban J connectivity index is 2.17. The highest BCUT2D eigenvalue weighted by Gasteiger charge is 2.29. The van der Waals surface area contributed by atoms with Crippen molar-refractivity contribution in [3.8, 4) is 5.75 Å². The number of amides is 2. The lowest BCUT2D eigenvalue weighted by Gasteiger charge is -2.31. The number of methoxy groups -OCH3 is 1. The SMILES string of the molecule is CCC(C)NC(=O)C(CC)N(Cc1cccc(OC)c1)C(=O)CSCc1ccccc1C. The first-order chi connectivity index (χ1) is 15.4. The van der Waals surface area contributed by atoms with Crippen LogP contribution in [-0.2, 0) is 21.9 Å². The van der Waals surface area contributed by atoms with E-state index < -0.39 is 6.04 Å². The van der Waals surface area contributed by atoms with Crippen molar-refractivity contribution in [2.24, 2.45) is 0 Å². The maximum absolute atomic E-state index is 13.3. The van der Waals surface area contributed by atoms with Gasteiger partial charge in [0.05, 0.1) is 12.9 Å². The standard InChI is InChI=1S/C26H36N2O3S/c1-6-20(4)27-26(30)24(7-2)28(16-21-12-10-14-23(15-21)31-5)25(29)18-32-17-22-13-9-8-11-19(22)3/h8-15,20,24H,6-7,16-18H2,1-5H3,(H,27,30). The first kappa shape index (κ1) is 25.8. The number of carbonyl (C=O) groups excluding carboxylic acids is 2. The van der Waals surface area contributed by atoms with Crippen LogP contribution in [0.25, 0.3) is 0 Å². The number of thioether (sulfide) groups is 1. The Bertz CT molecular complexity index is 887. The number of nitrogens with one attached hydrogen (secondary N) is 1. The number of carbonyl (C=O) groups is 2. The molecule has 0 aromatic heterocycles. The monoisotopic (exact) mass is 456 g/mol. The van der Waals surface area contributed by atoms with Gasteiger partial charge in [0.1, 0.15) is 11.8 Å². The highest BCUT2D eigenvalue weighted by atomic mass is 32.2. The Morgan fingerprint density at radius 1 is 1.09 bits per heavy atom. The molecule has 32 heavy (non-hydrogen) atoms. The van der Waals surface area contributed by atoms with Gasteiger partial charge in [-0.05, 0) is 55.5 Å². The molecule has 2 amide bonds. The number of aryl methyl sites for hydroxylation is 1. The van der Waals surface area contributed by atoms with Crippen LogP contribution in [0.4, 0.5) is 0 Å². The van der Waals surface area contributed by atoms with Crippen molar-refractivity contribution >= 4 is 23.6 Å². The van der Waals surface area contributed by atoms with E-state index >= 15 is 0 Å². The van der Waals surface area contributed by atoms with Crippen LogP contribution in [0, 0.1) is 6.92 Å². The van der Waals surface area contributed by atoms with Gasteiger partial charge >= 0.3 is 0 Å². The molecule has 2 rings (SSSR count). The van der Waals surface area contributed by atoms with E-state index in [1.54, 1.807) is 23.8 Å². The van der Waals surface area contributed by atoms with E-state index in [2.05, 4.69) is 24.4 Å². The molecular formula is C26H36N2O3S. The van der Waals surface area contributed by atoms with Gasteiger partial charge in [-0.15, -0.1) is 11.8 Å². The molecule has 0 heterocycles. The fraction of sp³-hybridized carbons (Fsp3) is 0.462. The summed E-state index contributed by atoms with van der Waals surface area (Å²) in [6.07, 6.45) is 1.40. The van der Waals surface area contributed by atoms with E-state index in [0.29, 0.717) is 18.7 Å². The third-order valence-electron chi connectivity index (χ3n) is 5.62. The predicted octanol–water partition coefficient (Wildman–Crippen LogP) is 4.96. The predicted molar refractivity (Wildman–Crippen MR) is 133 cm³/mol. The minimum Gasteiger partial charge on any atom is -0.497 e. The molecule has 174 valence electrons. The Kier molecular flexibility index (Phi) is 10.6. The van der Waals surface area contributed by atoms with E-state index in [-0.39, 0.29) is 17.9 Å². The van der Waals surface area contributed by atoms with Crippen LogP contribution in [0.2, 0.25) is 0 Å². The first-order valence-electron chi connectivity index (χ1n) is 11.2. The molecule has 0 radical (unpaired) electrons. The Labute approximate surface area is 196 Å². The fourth-order valence-corrected chi connectivity index (χ4v) is 4.42. The summed E-state index contributed by atoms with van der Waals surface area (Å²) in [5.41, 5.74) is 3.39. The largest absolute Gasteiger partial charge is 0.497 e. The Morgan fingerprint density at radius 3 is 2.50 bits per heavy atom. The molecule has 0 aliphatic heterocycles. The van der Waals surface area contributed by atoms with Gasteiger partial charge in [0, 0.05) is 18.3 Å². The third kappa shape index (κ3) is 7.59. The minimum absolute atomic E-state index is 0.0300. The smallest absolute Gasteiger partial charge is 0.243 e. The Morgan fingerprint density at radius 2 is 1.84 bits per heavy atom. The van der Waals surface area contributed by atoms with Gasteiger partial charge in [-0.3, -0.25) is 9.59 Å². The normalized spacial score (nSPS) is 12.7. The quantitative estimate of drug-likeness (QED) is 0.490. The topological polar surface area (TPSA) is 58.6 Å². The lowest BCUT2D eigenvalue weighted by molar-refractivity contribution is -0.139. The van der Waals surface area contributed by atoms with Crippen molar-refractivity contribution < 1.29 is 14.3 Å². The molecule has 5 nitrogen and oxygen atoms in total. The van der Waals surface area contributed by atoms with E-state index in [1.807, 2.05) is 57.2 Å². The molecule has 6 heteroatoms. The van der Waals surface area contributed by atoms with Gasteiger partial charge in [-0.25, -0.2) is 0 Å². The fourth-order valence-electron chi connectivity index (χ4n) is 3.43. The molecule has 0 aliphatic carbocycles. The molecular weight excluding hydrogens is 420 g/mol. The van der Waals surface area contributed by atoms with E-state index in [4.69, 9.17) is 4.74 Å². The van der Waals surface area contributed by atoms with Crippen LogP contribution in [0.5, 0.6) is 5.75 Å². The molecule has 0 saturated carbocycles.